The Hall–Kier alpha value is -1.43. The molecule has 0 radical (unpaired) electrons. The van der Waals surface area contributed by atoms with E-state index in [0.717, 1.165) is 0 Å². The topological polar surface area (TPSA) is 207 Å². The predicted octanol–water partition coefficient (Wildman–Crippen LogP) is -4.52. The van der Waals surface area contributed by atoms with E-state index in [2.05, 4.69) is 0 Å². The average molecular weight is 317 g/mol. The fourth-order valence-electron chi connectivity index (χ4n) is 0.794. The minimum atomic E-state index is -1.28. The zero-order valence-corrected chi connectivity index (χ0v) is 12.6. The zero-order chi connectivity index (χ0) is 16.3. The van der Waals surface area contributed by atoms with Crippen LogP contribution in [0.2, 0.25) is 0 Å². The van der Waals surface area contributed by atoms with Crippen LogP contribution in [0.25, 0.3) is 0 Å². The molecular weight excluding hydrogens is 300 g/mol. The van der Waals surface area contributed by atoms with Crippen LogP contribution >= 0.6 is 0 Å². The first-order valence-corrected chi connectivity index (χ1v) is 5.44. The Morgan fingerprint density at radius 2 is 1.05 bits per heavy atom. The molecule has 0 aliphatic rings. The Bertz CT molecular complexity index is 329. The molecular formula is C10H16MgN2O8. The molecule has 0 heterocycles. The normalized spacial score (nSPS) is 11.9. The van der Waals surface area contributed by atoms with Crippen molar-refractivity contribution in [3.05, 3.63) is 0 Å². The maximum atomic E-state index is 9.97. The van der Waals surface area contributed by atoms with Gasteiger partial charge in [-0.25, -0.2) is 0 Å². The van der Waals surface area contributed by atoms with Gasteiger partial charge in [-0.1, -0.05) is 0 Å². The van der Waals surface area contributed by atoms with E-state index in [1.54, 1.807) is 0 Å². The first-order valence-electron chi connectivity index (χ1n) is 5.44. The molecule has 11 heteroatoms. The summed E-state index contributed by atoms with van der Waals surface area (Å²) in [5.74, 6) is -4.95. The molecule has 0 saturated heterocycles. The number of nitrogens with two attached hydrogens (primary N) is 2. The van der Waals surface area contributed by atoms with Crippen molar-refractivity contribution in [2.75, 3.05) is 0 Å². The number of carboxylic acids is 4. The second-order valence-corrected chi connectivity index (χ2v) is 3.71. The van der Waals surface area contributed by atoms with Gasteiger partial charge in [0.1, 0.15) is 12.1 Å². The number of rotatable bonds is 8. The summed E-state index contributed by atoms with van der Waals surface area (Å²) in [5, 5.41) is 35.8. The molecule has 0 bridgehead atoms. The molecule has 0 fully saturated rings. The van der Waals surface area contributed by atoms with Gasteiger partial charge in [-0.3, -0.25) is 9.59 Å². The summed E-state index contributed by atoms with van der Waals surface area (Å²) in [6, 6.07) is -2.20. The Kier molecular flexibility index (Phi) is 15.9. The van der Waals surface area contributed by atoms with Crippen LogP contribution in [0.4, 0.5) is 0 Å². The van der Waals surface area contributed by atoms with Gasteiger partial charge in [0.2, 0.25) is 0 Å². The first kappa shape index (κ1) is 24.6. The molecule has 0 amide bonds. The number of hydrogen-bond donors (Lipinski definition) is 4. The van der Waals surface area contributed by atoms with E-state index in [1.807, 2.05) is 0 Å². The predicted molar refractivity (Wildman–Crippen MR) is 65.5 cm³/mol. The van der Waals surface area contributed by atoms with Gasteiger partial charge in [0.05, 0.1) is 0 Å². The van der Waals surface area contributed by atoms with E-state index in [1.165, 1.54) is 0 Å². The van der Waals surface area contributed by atoms with E-state index in [0.29, 0.717) is 0 Å². The summed E-state index contributed by atoms with van der Waals surface area (Å²) in [6.07, 6.45) is -0.795. The van der Waals surface area contributed by atoms with E-state index < -0.39 is 36.0 Å². The van der Waals surface area contributed by atoms with Crippen LogP contribution in [0.3, 0.4) is 0 Å². The van der Waals surface area contributed by atoms with E-state index >= 15 is 0 Å². The van der Waals surface area contributed by atoms with Crippen LogP contribution in [-0.2, 0) is 19.2 Å². The van der Waals surface area contributed by atoms with Gasteiger partial charge < -0.3 is 41.5 Å². The van der Waals surface area contributed by atoms with Crippen molar-refractivity contribution in [1.82, 2.24) is 0 Å². The molecule has 0 aromatic carbocycles. The Balaban J connectivity index is -0.000000295. The van der Waals surface area contributed by atoms with Crippen LogP contribution in [-0.4, -0.2) is 69.2 Å². The summed E-state index contributed by atoms with van der Waals surface area (Å²) in [4.78, 5) is 39.5. The summed E-state index contributed by atoms with van der Waals surface area (Å²) in [5.41, 5.74) is 9.95. The van der Waals surface area contributed by atoms with E-state index in [4.69, 9.17) is 21.7 Å². The summed E-state index contributed by atoms with van der Waals surface area (Å²) < 4.78 is 0. The second-order valence-electron chi connectivity index (χ2n) is 3.71. The van der Waals surface area contributed by atoms with Crippen molar-refractivity contribution in [2.45, 2.75) is 37.8 Å². The molecule has 0 aromatic rings. The Morgan fingerprint density at radius 1 is 0.810 bits per heavy atom. The van der Waals surface area contributed by atoms with Crippen molar-refractivity contribution in [2.24, 2.45) is 11.5 Å². The molecule has 10 nitrogen and oxygen atoms in total. The monoisotopic (exact) mass is 316 g/mol. The zero-order valence-electron chi connectivity index (χ0n) is 11.2. The van der Waals surface area contributed by atoms with Crippen molar-refractivity contribution >= 4 is 46.9 Å². The van der Waals surface area contributed by atoms with Gasteiger partial charge in [-0.15, -0.1) is 0 Å². The Labute approximate surface area is 136 Å². The molecule has 2 unspecified atom stereocenters. The van der Waals surface area contributed by atoms with Crippen molar-refractivity contribution in [1.29, 1.82) is 0 Å². The largest absolute Gasteiger partial charge is 2.00 e. The minimum Gasteiger partial charge on any atom is -0.550 e. The molecule has 0 aromatic heterocycles. The van der Waals surface area contributed by atoms with Crippen molar-refractivity contribution < 1.29 is 39.6 Å². The Morgan fingerprint density at radius 3 is 1.19 bits per heavy atom. The number of aliphatic carboxylic acids is 4. The van der Waals surface area contributed by atoms with Crippen molar-refractivity contribution in [3.8, 4) is 0 Å². The van der Waals surface area contributed by atoms with E-state index in [9.17, 15) is 29.4 Å². The van der Waals surface area contributed by atoms with Gasteiger partial charge in [-0.2, -0.15) is 0 Å². The number of carbonyl (C=O) groups is 4. The minimum absolute atomic E-state index is 0. The van der Waals surface area contributed by atoms with Gasteiger partial charge in [0, 0.05) is 11.9 Å². The second kappa shape index (κ2) is 13.5. The van der Waals surface area contributed by atoms with Gasteiger partial charge in [0.15, 0.2) is 0 Å². The quantitative estimate of drug-likeness (QED) is 0.315. The van der Waals surface area contributed by atoms with Gasteiger partial charge in [0.25, 0.3) is 0 Å². The fraction of sp³-hybridized carbons (Fsp3) is 0.600. The third kappa shape index (κ3) is 18.6. The average Bonchev–Trinajstić information content (AvgIpc) is 2.33. The smallest absolute Gasteiger partial charge is 0.550 e. The third-order valence-corrected chi connectivity index (χ3v) is 1.95. The number of hydrogen-bond acceptors (Lipinski definition) is 8. The molecule has 0 aliphatic heterocycles. The summed E-state index contributed by atoms with van der Waals surface area (Å²) in [7, 11) is 0. The van der Waals surface area contributed by atoms with Gasteiger partial charge >= 0.3 is 35.0 Å². The maximum absolute atomic E-state index is 9.97. The molecule has 0 spiro atoms. The van der Waals surface area contributed by atoms with Crippen molar-refractivity contribution in [3.63, 3.8) is 0 Å². The van der Waals surface area contributed by atoms with Crippen LogP contribution in [0, 0.1) is 0 Å². The molecule has 2 atom stereocenters. The maximum Gasteiger partial charge on any atom is 2.00 e. The summed E-state index contributed by atoms with van der Waals surface area (Å²) >= 11 is 0. The van der Waals surface area contributed by atoms with E-state index in [-0.39, 0.29) is 48.7 Å². The molecule has 21 heavy (non-hydrogen) atoms. The molecule has 116 valence electrons. The first-order chi connectivity index (χ1) is 9.07. The standard InChI is InChI=1S/2C5H9NO4.Mg/c2*6-3(5(9)10)1-2-4(7)8;/h2*3H,1-2,6H2,(H,7,8)(H,9,10);/q;;+2/p-2. The van der Waals surface area contributed by atoms with Crippen LogP contribution < -0.4 is 21.7 Å². The fourth-order valence-corrected chi connectivity index (χ4v) is 0.794. The number of carbonyl (C=O) groups excluding carboxylic acids is 2. The van der Waals surface area contributed by atoms with Gasteiger partial charge in [-0.05, 0) is 25.7 Å². The van der Waals surface area contributed by atoms with Crippen LogP contribution in [0.1, 0.15) is 25.7 Å². The molecule has 0 aliphatic carbocycles. The molecule has 0 rings (SSSR count). The SMILES string of the molecule is NC(CCC(=O)[O-])C(=O)O.NC(CCC(=O)[O-])C(=O)O.[Mg+2]. The van der Waals surface area contributed by atoms with Crippen LogP contribution in [0.15, 0.2) is 0 Å². The number of carboxylic acid groups (broad SMARTS) is 4. The summed E-state index contributed by atoms with van der Waals surface area (Å²) in [6.45, 7) is 0. The van der Waals surface area contributed by atoms with Crippen LogP contribution in [0.5, 0.6) is 0 Å². The molecule has 6 N–H and O–H groups in total. The third-order valence-electron chi connectivity index (χ3n) is 1.95. The molecule has 0 saturated carbocycles.